The Morgan fingerprint density at radius 1 is 0.488 bits per heavy atom. The summed E-state index contributed by atoms with van der Waals surface area (Å²) in [5, 5.41) is 5.99. The molecule has 0 aliphatic rings. The number of fused-ring (bicyclic) bond motifs is 7. The van der Waals surface area contributed by atoms with Gasteiger partial charge in [-0.15, -0.1) is 0 Å². The number of furan rings is 1. The smallest absolute Gasteiger partial charge is 0.155 e. The zero-order valence-electron chi connectivity index (χ0n) is 23.2. The second-order valence-electron chi connectivity index (χ2n) is 10.9. The second-order valence-corrected chi connectivity index (χ2v) is 10.9. The molecule has 43 heavy (non-hydrogen) atoms. The summed E-state index contributed by atoms with van der Waals surface area (Å²) in [6.45, 7) is 0. The molecule has 3 aromatic heterocycles. The van der Waals surface area contributed by atoms with Gasteiger partial charge in [-0.3, -0.25) is 0 Å². The van der Waals surface area contributed by atoms with Gasteiger partial charge in [-0.25, -0.2) is 4.98 Å². The minimum Gasteiger partial charge on any atom is -0.454 e. The van der Waals surface area contributed by atoms with E-state index in [1.807, 2.05) is 30.5 Å². The van der Waals surface area contributed by atoms with Crippen molar-refractivity contribution in [2.45, 2.75) is 0 Å². The molecule has 0 atom stereocenters. The van der Waals surface area contributed by atoms with Crippen LogP contribution in [0.3, 0.4) is 0 Å². The van der Waals surface area contributed by atoms with Crippen LogP contribution in [0.1, 0.15) is 0 Å². The summed E-state index contributed by atoms with van der Waals surface area (Å²) in [4.78, 5) is 7.13. The molecule has 0 saturated carbocycles. The van der Waals surface area contributed by atoms with Crippen molar-refractivity contribution in [2.75, 3.05) is 4.90 Å². The Labute approximate surface area is 247 Å². The van der Waals surface area contributed by atoms with E-state index in [1.165, 1.54) is 32.6 Å². The van der Waals surface area contributed by atoms with Crippen molar-refractivity contribution in [1.29, 1.82) is 0 Å². The quantitative estimate of drug-likeness (QED) is 0.218. The third-order valence-corrected chi connectivity index (χ3v) is 8.36. The summed E-state index contributed by atoms with van der Waals surface area (Å²) in [6.07, 6.45) is 1.94. The summed E-state index contributed by atoms with van der Waals surface area (Å²) < 4.78 is 8.62. The van der Waals surface area contributed by atoms with E-state index < -0.39 is 0 Å². The van der Waals surface area contributed by atoms with Crippen LogP contribution >= 0.6 is 0 Å². The lowest BCUT2D eigenvalue weighted by Gasteiger charge is -2.25. The summed E-state index contributed by atoms with van der Waals surface area (Å²) in [5.74, 6) is 0. The number of anilines is 3. The first kappa shape index (κ1) is 23.8. The molecule has 0 aliphatic heterocycles. The number of hydrogen-bond donors (Lipinski definition) is 0. The average Bonchev–Trinajstić information content (AvgIpc) is 3.59. The van der Waals surface area contributed by atoms with Crippen LogP contribution in [0.15, 0.2) is 156 Å². The Bertz CT molecular complexity index is 2470. The van der Waals surface area contributed by atoms with Gasteiger partial charge in [0.15, 0.2) is 5.58 Å². The van der Waals surface area contributed by atoms with Crippen molar-refractivity contribution in [3.63, 3.8) is 0 Å². The van der Waals surface area contributed by atoms with Crippen molar-refractivity contribution in [3.8, 4) is 5.69 Å². The van der Waals surface area contributed by atoms with E-state index in [0.29, 0.717) is 0 Å². The van der Waals surface area contributed by atoms with Crippen molar-refractivity contribution in [2.24, 2.45) is 0 Å². The van der Waals surface area contributed by atoms with Gasteiger partial charge in [0, 0.05) is 39.3 Å². The molecule has 202 valence electrons. The highest BCUT2D eigenvalue weighted by atomic mass is 16.3. The zero-order chi connectivity index (χ0) is 28.3. The zero-order valence-corrected chi connectivity index (χ0v) is 23.2. The maximum Gasteiger partial charge on any atom is 0.155 e. The van der Waals surface area contributed by atoms with Gasteiger partial charge in [-0.1, -0.05) is 78.9 Å². The van der Waals surface area contributed by atoms with Crippen LogP contribution < -0.4 is 4.90 Å². The van der Waals surface area contributed by atoms with E-state index in [-0.39, 0.29) is 0 Å². The predicted molar refractivity (Wildman–Crippen MR) is 178 cm³/mol. The Balaban J connectivity index is 1.27. The molecule has 0 unspecified atom stereocenters. The predicted octanol–water partition coefficient (Wildman–Crippen LogP) is 10.7. The van der Waals surface area contributed by atoms with Crippen LogP contribution in [0.2, 0.25) is 0 Å². The maximum absolute atomic E-state index is 6.24. The van der Waals surface area contributed by atoms with Gasteiger partial charge in [0.05, 0.1) is 22.9 Å². The summed E-state index contributed by atoms with van der Waals surface area (Å²) in [7, 11) is 0. The number of hydrogen-bond acceptors (Lipinski definition) is 3. The molecule has 0 spiro atoms. The Hall–Kier alpha value is -5.87. The normalized spacial score (nSPS) is 11.7. The molecule has 0 aliphatic carbocycles. The van der Waals surface area contributed by atoms with Crippen molar-refractivity contribution < 1.29 is 4.42 Å². The van der Waals surface area contributed by atoms with E-state index in [1.54, 1.807) is 0 Å². The molecule has 4 nitrogen and oxygen atoms in total. The third-order valence-electron chi connectivity index (χ3n) is 8.36. The van der Waals surface area contributed by atoms with Crippen LogP contribution in [-0.4, -0.2) is 9.55 Å². The Kier molecular flexibility index (Phi) is 5.16. The number of nitrogens with zero attached hydrogens (tertiary/aromatic N) is 3. The number of benzene rings is 6. The second kappa shape index (κ2) is 9.33. The number of para-hydroxylation sites is 3. The molecule has 0 amide bonds. The summed E-state index contributed by atoms with van der Waals surface area (Å²) in [6, 6.07) is 51.2. The van der Waals surface area contributed by atoms with Crippen LogP contribution in [-0.2, 0) is 0 Å². The first-order valence-electron chi connectivity index (χ1n) is 14.5. The van der Waals surface area contributed by atoms with Gasteiger partial charge in [-0.05, 0) is 71.4 Å². The van der Waals surface area contributed by atoms with Crippen LogP contribution in [0.5, 0.6) is 0 Å². The molecule has 0 radical (unpaired) electrons. The SMILES string of the molecule is c1ccc(N(c2cccc(-n3c4ccccc4c4cc5ccccc5cc43)c2)c2cnc3c(c2)oc2ccccc23)cc1. The van der Waals surface area contributed by atoms with E-state index in [4.69, 9.17) is 9.40 Å². The minimum absolute atomic E-state index is 0.769. The van der Waals surface area contributed by atoms with Gasteiger partial charge < -0.3 is 13.9 Å². The van der Waals surface area contributed by atoms with E-state index in [9.17, 15) is 0 Å². The molecule has 3 heterocycles. The van der Waals surface area contributed by atoms with Gasteiger partial charge in [-0.2, -0.15) is 0 Å². The van der Waals surface area contributed by atoms with E-state index >= 15 is 0 Å². The number of pyridine rings is 1. The van der Waals surface area contributed by atoms with Crippen molar-refractivity contribution in [1.82, 2.24) is 9.55 Å². The van der Waals surface area contributed by atoms with Crippen LogP contribution in [0, 0.1) is 0 Å². The topological polar surface area (TPSA) is 34.2 Å². The van der Waals surface area contributed by atoms with E-state index in [0.717, 1.165) is 44.8 Å². The monoisotopic (exact) mass is 551 g/mol. The molecule has 0 bridgehead atoms. The largest absolute Gasteiger partial charge is 0.454 e. The fraction of sp³-hybridized carbons (Fsp3) is 0. The lowest BCUT2D eigenvalue weighted by Crippen LogP contribution is -2.10. The van der Waals surface area contributed by atoms with Gasteiger partial charge in [0.2, 0.25) is 0 Å². The number of aromatic nitrogens is 2. The molecule has 6 aromatic carbocycles. The number of rotatable bonds is 4. The van der Waals surface area contributed by atoms with E-state index in [2.05, 4.69) is 131 Å². The highest BCUT2D eigenvalue weighted by Gasteiger charge is 2.18. The van der Waals surface area contributed by atoms with Crippen LogP contribution in [0.25, 0.3) is 60.3 Å². The van der Waals surface area contributed by atoms with Crippen LogP contribution in [0.4, 0.5) is 17.1 Å². The molecule has 0 N–H and O–H groups in total. The van der Waals surface area contributed by atoms with Gasteiger partial charge in [0.1, 0.15) is 11.1 Å². The molecule has 0 saturated heterocycles. The maximum atomic E-state index is 6.24. The Morgan fingerprint density at radius 2 is 1.21 bits per heavy atom. The van der Waals surface area contributed by atoms with Crippen molar-refractivity contribution in [3.05, 3.63) is 152 Å². The fourth-order valence-electron chi connectivity index (χ4n) is 6.44. The molecule has 0 fully saturated rings. The first-order valence-corrected chi connectivity index (χ1v) is 14.5. The Morgan fingerprint density at radius 3 is 2.09 bits per heavy atom. The molecule has 9 rings (SSSR count). The molecule has 4 heteroatoms. The van der Waals surface area contributed by atoms with Crippen molar-refractivity contribution >= 4 is 71.7 Å². The lowest BCUT2D eigenvalue weighted by molar-refractivity contribution is 0.668. The lowest BCUT2D eigenvalue weighted by atomic mass is 10.1. The standard InChI is InChI=1S/C39H25N3O/c1-2-13-28(14-3-1)41(31-24-38-39(40-25-31)33-18-7-9-20-37(33)43-38)29-15-10-16-30(23-29)42-35-19-8-6-17-32(35)34-21-26-11-4-5-12-27(26)22-36(34)42/h1-25H. The third kappa shape index (κ3) is 3.74. The summed E-state index contributed by atoms with van der Waals surface area (Å²) in [5.41, 5.74) is 8.96. The highest BCUT2D eigenvalue weighted by molar-refractivity contribution is 6.13. The molecular weight excluding hydrogens is 526 g/mol. The molecular formula is C39H25N3O. The summed E-state index contributed by atoms with van der Waals surface area (Å²) >= 11 is 0. The minimum atomic E-state index is 0.769. The van der Waals surface area contributed by atoms with Gasteiger partial charge >= 0.3 is 0 Å². The molecule has 9 aromatic rings. The van der Waals surface area contributed by atoms with Gasteiger partial charge in [0.25, 0.3) is 0 Å². The average molecular weight is 552 g/mol. The highest BCUT2D eigenvalue weighted by Crippen LogP contribution is 2.40. The first-order chi connectivity index (χ1) is 21.3. The fourth-order valence-corrected chi connectivity index (χ4v) is 6.44.